The fourth-order valence-corrected chi connectivity index (χ4v) is 2.10. The molecule has 0 aromatic heterocycles. The van der Waals surface area contributed by atoms with Gasteiger partial charge in [-0.05, 0) is 48.9 Å². The van der Waals surface area contributed by atoms with E-state index < -0.39 is 5.91 Å². The summed E-state index contributed by atoms with van der Waals surface area (Å²) in [7, 11) is 3.02. The largest absolute Gasteiger partial charge is 0.504 e. The molecule has 2 N–H and O–H groups in total. The molecule has 0 heterocycles. The molecule has 2 aromatic rings. The van der Waals surface area contributed by atoms with Crippen LogP contribution in [-0.2, 0) is 0 Å². The highest BCUT2D eigenvalue weighted by atomic mass is 16.5. The summed E-state index contributed by atoms with van der Waals surface area (Å²) >= 11 is 0. The number of hydrogen-bond donors (Lipinski definition) is 2. The predicted octanol–water partition coefficient (Wildman–Crippen LogP) is 2.57. The van der Waals surface area contributed by atoms with Crippen LogP contribution in [0.25, 0.3) is 0 Å². The summed E-state index contributed by atoms with van der Waals surface area (Å²) in [6, 6.07) is 9.66. The van der Waals surface area contributed by atoms with E-state index in [0.29, 0.717) is 35.0 Å². The van der Waals surface area contributed by atoms with E-state index in [-0.39, 0.29) is 5.75 Å². The van der Waals surface area contributed by atoms with Crippen molar-refractivity contribution < 1.29 is 24.1 Å². The number of aromatic hydroxyl groups is 1. The van der Waals surface area contributed by atoms with E-state index in [1.165, 1.54) is 26.5 Å². The number of phenolic OH excluding ortho intramolecular Hbond substituents is 1. The molecule has 0 fully saturated rings. The summed E-state index contributed by atoms with van der Waals surface area (Å²) in [5, 5.41) is 13.7. The second-order valence-electron chi connectivity index (χ2n) is 4.93. The van der Waals surface area contributed by atoms with E-state index in [4.69, 9.17) is 14.2 Å². The van der Waals surface area contributed by atoms with Crippen molar-refractivity contribution in [3.63, 3.8) is 0 Å². The second-order valence-corrected chi connectivity index (χ2v) is 4.93. The molecule has 25 heavy (non-hydrogen) atoms. The van der Waals surface area contributed by atoms with Gasteiger partial charge in [0.25, 0.3) is 5.91 Å². The van der Waals surface area contributed by atoms with Gasteiger partial charge in [0.1, 0.15) is 0 Å². The van der Waals surface area contributed by atoms with Crippen molar-refractivity contribution in [3.05, 3.63) is 47.5 Å². The highest BCUT2D eigenvalue weighted by Gasteiger charge is 2.10. The molecule has 2 rings (SSSR count). The lowest BCUT2D eigenvalue weighted by molar-refractivity contribution is 0.0954. The van der Waals surface area contributed by atoms with Gasteiger partial charge in [-0.1, -0.05) is 0 Å². The molecule has 132 valence electrons. The summed E-state index contributed by atoms with van der Waals surface area (Å²) in [6.45, 7) is 2.29. The number of ether oxygens (including phenoxy) is 3. The Balaban J connectivity index is 2.04. The molecule has 7 heteroatoms. The van der Waals surface area contributed by atoms with Crippen LogP contribution in [0.15, 0.2) is 41.5 Å². The Morgan fingerprint density at radius 3 is 2.48 bits per heavy atom. The predicted molar refractivity (Wildman–Crippen MR) is 93.9 cm³/mol. The molecule has 0 saturated carbocycles. The molecule has 0 aliphatic carbocycles. The maximum absolute atomic E-state index is 12.1. The van der Waals surface area contributed by atoms with E-state index >= 15 is 0 Å². The quantitative estimate of drug-likeness (QED) is 0.595. The standard InChI is InChI=1S/C18H20N2O5/c1-4-25-15-7-5-12(9-14(15)21)11-19-20-18(22)13-6-8-16(23-2)17(10-13)24-3/h5-11,21H,4H2,1-3H3,(H,20,22)/b19-11+. The molecular weight excluding hydrogens is 324 g/mol. The third-order valence-corrected chi connectivity index (χ3v) is 3.31. The number of methoxy groups -OCH3 is 2. The molecule has 0 aliphatic rings. The molecule has 0 unspecified atom stereocenters. The summed E-state index contributed by atoms with van der Waals surface area (Å²) in [6.07, 6.45) is 1.42. The Morgan fingerprint density at radius 1 is 1.12 bits per heavy atom. The molecular formula is C18H20N2O5. The zero-order valence-electron chi connectivity index (χ0n) is 14.3. The Bertz CT molecular complexity index is 774. The lowest BCUT2D eigenvalue weighted by atomic mass is 10.2. The number of benzene rings is 2. The van der Waals surface area contributed by atoms with Gasteiger partial charge in [-0.2, -0.15) is 5.10 Å². The number of carbonyl (C=O) groups is 1. The number of phenols is 1. The maximum Gasteiger partial charge on any atom is 0.271 e. The Kier molecular flexibility index (Phi) is 6.22. The van der Waals surface area contributed by atoms with Crippen LogP contribution < -0.4 is 19.6 Å². The van der Waals surface area contributed by atoms with Gasteiger partial charge in [0.15, 0.2) is 23.0 Å². The lowest BCUT2D eigenvalue weighted by Gasteiger charge is -2.08. The number of carbonyl (C=O) groups excluding carboxylic acids is 1. The van der Waals surface area contributed by atoms with Crippen LogP contribution >= 0.6 is 0 Å². The number of amides is 1. The van der Waals surface area contributed by atoms with Crippen LogP contribution in [0.4, 0.5) is 0 Å². The van der Waals surface area contributed by atoms with Gasteiger partial charge >= 0.3 is 0 Å². The van der Waals surface area contributed by atoms with Crippen molar-refractivity contribution in [1.29, 1.82) is 0 Å². The van der Waals surface area contributed by atoms with Gasteiger partial charge < -0.3 is 19.3 Å². The average molecular weight is 344 g/mol. The maximum atomic E-state index is 12.1. The number of hydrazone groups is 1. The van der Waals surface area contributed by atoms with Crippen LogP contribution in [-0.4, -0.2) is 38.1 Å². The third kappa shape index (κ3) is 4.63. The molecule has 0 atom stereocenters. The van der Waals surface area contributed by atoms with Crippen molar-refractivity contribution in [2.24, 2.45) is 5.10 Å². The molecule has 7 nitrogen and oxygen atoms in total. The zero-order valence-corrected chi connectivity index (χ0v) is 14.3. The summed E-state index contributed by atoms with van der Waals surface area (Å²) in [5.74, 6) is 1.00. The number of rotatable bonds is 7. The van der Waals surface area contributed by atoms with Gasteiger partial charge in [0, 0.05) is 5.56 Å². The number of nitrogens with zero attached hydrogens (tertiary/aromatic N) is 1. The molecule has 2 aromatic carbocycles. The van der Waals surface area contributed by atoms with Crippen LogP contribution in [0.2, 0.25) is 0 Å². The highest BCUT2D eigenvalue weighted by molar-refractivity contribution is 5.95. The number of nitrogens with one attached hydrogen (secondary N) is 1. The minimum Gasteiger partial charge on any atom is -0.504 e. The van der Waals surface area contributed by atoms with Crippen molar-refractivity contribution in [2.75, 3.05) is 20.8 Å². The SMILES string of the molecule is CCOc1ccc(/C=N/NC(=O)c2ccc(OC)c(OC)c2)cc1O. The van der Waals surface area contributed by atoms with Gasteiger partial charge in [0.05, 0.1) is 27.0 Å². The Morgan fingerprint density at radius 2 is 1.84 bits per heavy atom. The molecule has 0 radical (unpaired) electrons. The Labute approximate surface area is 145 Å². The van der Waals surface area contributed by atoms with Crippen molar-refractivity contribution >= 4 is 12.1 Å². The third-order valence-electron chi connectivity index (χ3n) is 3.31. The Hall–Kier alpha value is -3.22. The van der Waals surface area contributed by atoms with Crippen LogP contribution in [0.3, 0.4) is 0 Å². The number of hydrogen-bond acceptors (Lipinski definition) is 6. The summed E-state index contributed by atoms with van der Waals surface area (Å²) in [5.41, 5.74) is 3.41. The van der Waals surface area contributed by atoms with E-state index in [0.717, 1.165) is 0 Å². The van der Waals surface area contributed by atoms with E-state index in [2.05, 4.69) is 10.5 Å². The van der Waals surface area contributed by atoms with E-state index in [1.54, 1.807) is 30.3 Å². The monoisotopic (exact) mass is 344 g/mol. The van der Waals surface area contributed by atoms with E-state index in [1.807, 2.05) is 6.92 Å². The van der Waals surface area contributed by atoms with Crippen molar-refractivity contribution in [1.82, 2.24) is 5.43 Å². The normalized spacial score (nSPS) is 10.5. The summed E-state index contributed by atoms with van der Waals surface area (Å²) in [4.78, 5) is 12.1. The van der Waals surface area contributed by atoms with Crippen LogP contribution in [0.5, 0.6) is 23.0 Å². The van der Waals surface area contributed by atoms with Gasteiger partial charge in [0.2, 0.25) is 0 Å². The van der Waals surface area contributed by atoms with Crippen molar-refractivity contribution in [3.8, 4) is 23.0 Å². The second kappa shape index (κ2) is 8.58. The lowest BCUT2D eigenvalue weighted by Crippen LogP contribution is -2.17. The highest BCUT2D eigenvalue weighted by Crippen LogP contribution is 2.27. The molecule has 0 bridgehead atoms. The first-order valence-electron chi connectivity index (χ1n) is 7.60. The summed E-state index contributed by atoms with van der Waals surface area (Å²) < 4.78 is 15.5. The smallest absolute Gasteiger partial charge is 0.271 e. The van der Waals surface area contributed by atoms with Crippen molar-refractivity contribution in [2.45, 2.75) is 6.92 Å². The molecule has 0 aliphatic heterocycles. The molecule has 0 saturated heterocycles. The van der Waals surface area contributed by atoms with Crippen LogP contribution in [0.1, 0.15) is 22.8 Å². The fraction of sp³-hybridized carbons (Fsp3) is 0.222. The van der Waals surface area contributed by atoms with Crippen LogP contribution in [0, 0.1) is 0 Å². The van der Waals surface area contributed by atoms with E-state index in [9.17, 15) is 9.90 Å². The van der Waals surface area contributed by atoms with Gasteiger partial charge in [-0.15, -0.1) is 0 Å². The zero-order chi connectivity index (χ0) is 18.2. The van der Waals surface area contributed by atoms with Gasteiger partial charge in [-0.25, -0.2) is 5.43 Å². The first kappa shape index (κ1) is 18.1. The molecule has 1 amide bonds. The minimum atomic E-state index is -0.396. The fourth-order valence-electron chi connectivity index (χ4n) is 2.10. The van der Waals surface area contributed by atoms with Gasteiger partial charge in [-0.3, -0.25) is 4.79 Å². The molecule has 0 spiro atoms. The first-order valence-corrected chi connectivity index (χ1v) is 7.60. The topological polar surface area (TPSA) is 89.4 Å². The minimum absolute atomic E-state index is 0.0111. The first-order chi connectivity index (χ1) is 12.1. The average Bonchev–Trinajstić information content (AvgIpc) is 2.63.